The first-order valence-electron chi connectivity index (χ1n) is 25.8. The molecule has 3 aromatic carbocycles. The number of esters is 2. The Kier molecular flexibility index (Phi) is 22.9. The van der Waals surface area contributed by atoms with Gasteiger partial charge in [-0.3, -0.25) is 4.79 Å². The number of thiophene rings is 3. The number of ether oxygens (including phenoxy) is 2. The van der Waals surface area contributed by atoms with E-state index in [1.165, 1.54) is 50.7 Å². The zero-order valence-corrected chi connectivity index (χ0v) is 54.2. The number of thioether (sulfide) groups is 3. The monoisotopic (exact) mass is 1370 g/mol. The maximum Gasteiger partial charge on any atom is 0.360 e. The van der Waals surface area contributed by atoms with Crippen LogP contribution in [0.3, 0.4) is 0 Å². The molecule has 3 aliphatic rings. The fourth-order valence-electron chi connectivity index (χ4n) is 8.31. The van der Waals surface area contributed by atoms with Crippen LogP contribution in [-0.4, -0.2) is 67.0 Å². The number of halogens is 5. The molecule has 0 atom stereocenters. The molecular weight excluding hydrogens is 1320 g/mol. The lowest BCUT2D eigenvalue weighted by atomic mass is 10.0. The molecule has 12 rings (SSSR count). The third-order valence-electron chi connectivity index (χ3n) is 12.4. The Hall–Kier alpha value is -5.68. The largest absolute Gasteiger partial charge is 0.461 e. The molecular formula is C61H48BrCl4N7O5S6. The maximum absolute atomic E-state index is 12.4. The van der Waals surface area contributed by atoms with Crippen LogP contribution in [-0.2, 0) is 22.3 Å². The summed E-state index contributed by atoms with van der Waals surface area (Å²) in [6, 6.07) is 28.8. The highest BCUT2D eigenvalue weighted by atomic mass is 79.9. The summed E-state index contributed by atoms with van der Waals surface area (Å²) in [4.78, 5) is 39.2. The average molecular weight is 1370 g/mol. The average Bonchev–Trinajstić information content (AvgIpc) is 4.38. The van der Waals surface area contributed by atoms with Gasteiger partial charge >= 0.3 is 11.9 Å². The van der Waals surface area contributed by atoms with Gasteiger partial charge in [0.25, 0.3) is 5.91 Å². The minimum absolute atomic E-state index is 0.187. The van der Waals surface area contributed by atoms with Crippen LogP contribution in [0.25, 0.3) is 61.6 Å². The molecule has 2 N–H and O–H groups in total. The number of allylic oxidation sites excluding steroid dienone is 6. The SMILES string of the molecule is BrCC1=CSC=CC1.CCOC(=O)c1nnc(CC2=CSC=CC2)c2cc(-c3ccc(Cl)cc3)sc12.CCOC(=O)c1nnc(Cl)c2cc(-c3ccc(Cl)cc3)sc12.NC(=O)c1nnc(CC2=CSC=CC2)c2cc(-c3ccc(Cl)cc3)sc12. The van der Waals surface area contributed by atoms with Gasteiger partial charge in [-0.1, -0.05) is 128 Å². The van der Waals surface area contributed by atoms with Crippen LogP contribution < -0.4 is 5.73 Å². The fourth-order valence-corrected chi connectivity index (χ4v) is 15.0. The maximum atomic E-state index is 12.4. The number of carbonyl (C=O) groups excluding carboxylic acids is 3. The molecule has 0 fully saturated rings. The topological polar surface area (TPSA) is 173 Å². The number of amides is 1. The van der Waals surface area contributed by atoms with Crippen molar-refractivity contribution in [2.24, 2.45) is 5.73 Å². The van der Waals surface area contributed by atoms with E-state index < -0.39 is 17.8 Å². The van der Waals surface area contributed by atoms with Crippen molar-refractivity contribution in [1.82, 2.24) is 30.6 Å². The predicted octanol–water partition coefficient (Wildman–Crippen LogP) is 19.2. The number of aromatic nitrogens is 6. The van der Waals surface area contributed by atoms with Crippen molar-refractivity contribution in [1.29, 1.82) is 0 Å². The molecule has 0 unspecified atom stereocenters. The standard InChI is InChI=1S/C21H17ClN2O2S2.C19H14ClN3OS2.C15H10Cl2N2O2S.C6H7BrS/c1-2-26-21(25)19-20-16(11-18(28-20)14-5-7-15(22)8-6-14)17(23-24-19)10-13-4-3-9-27-12-13;20-13-5-3-12(4-6-13)16-9-14-15(8-11-2-1-7-25-10-11)22-23-17(19(21)24)18(14)26-16;1-2-21-15(20)12-13-10(14(17)19-18-12)7-11(22-13)8-3-5-9(16)6-4-8;7-4-6-2-1-3-8-5-6/h3,5-9,11-12H,2,4,10H2,1H3;1,3-7,9-10H,2,8H2,(H2,21,24);3-7H,2H2,1H3;1,3,5H,2,4H2. The van der Waals surface area contributed by atoms with Gasteiger partial charge < -0.3 is 15.2 Å². The third-order valence-corrected chi connectivity index (χ3v) is 20.1. The first-order valence-corrected chi connectivity index (χ1v) is 33.7. The van der Waals surface area contributed by atoms with E-state index in [9.17, 15) is 14.4 Å². The minimum Gasteiger partial charge on any atom is -0.461 e. The summed E-state index contributed by atoms with van der Waals surface area (Å²) in [5.41, 5.74) is 15.0. The Morgan fingerprint density at radius 2 is 0.857 bits per heavy atom. The van der Waals surface area contributed by atoms with Gasteiger partial charge in [0, 0.05) is 64.0 Å². The number of alkyl halides is 1. The number of hydrogen-bond donors (Lipinski definition) is 1. The molecule has 0 radical (unpaired) electrons. The highest BCUT2D eigenvalue weighted by Crippen LogP contribution is 2.41. The Bertz CT molecular complexity index is 4070. The van der Waals surface area contributed by atoms with Crippen LogP contribution in [0.4, 0.5) is 0 Å². The second-order valence-electron chi connectivity index (χ2n) is 18.2. The van der Waals surface area contributed by atoms with E-state index in [-0.39, 0.29) is 28.8 Å². The van der Waals surface area contributed by atoms with E-state index in [0.717, 1.165) is 87.5 Å². The summed E-state index contributed by atoms with van der Waals surface area (Å²) in [5.74, 6) is -1.50. The van der Waals surface area contributed by atoms with E-state index in [0.29, 0.717) is 44.6 Å². The van der Waals surface area contributed by atoms with Gasteiger partial charge in [0.1, 0.15) is 0 Å². The van der Waals surface area contributed by atoms with E-state index in [1.54, 1.807) is 49.1 Å². The summed E-state index contributed by atoms with van der Waals surface area (Å²) in [6.45, 7) is 4.10. The zero-order chi connectivity index (χ0) is 59.1. The summed E-state index contributed by atoms with van der Waals surface area (Å²) in [6.07, 6.45) is 10.8. The van der Waals surface area contributed by atoms with Crippen LogP contribution in [0, 0.1) is 0 Å². The van der Waals surface area contributed by atoms with Crippen LogP contribution >= 0.6 is 132 Å². The van der Waals surface area contributed by atoms with Crippen LogP contribution in [0.5, 0.6) is 0 Å². The quantitative estimate of drug-likeness (QED) is 0.0853. The number of primary amides is 1. The van der Waals surface area contributed by atoms with Crippen molar-refractivity contribution < 1.29 is 23.9 Å². The van der Waals surface area contributed by atoms with Crippen molar-refractivity contribution >= 4 is 180 Å². The Morgan fingerprint density at radius 3 is 1.21 bits per heavy atom. The molecule has 0 saturated carbocycles. The van der Waals surface area contributed by atoms with Gasteiger partial charge in [-0.15, -0.1) is 89.7 Å². The zero-order valence-electron chi connectivity index (χ0n) is 44.7. The van der Waals surface area contributed by atoms with E-state index in [4.69, 9.17) is 61.6 Å². The van der Waals surface area contributed by atoms with Gasteiger partial charge in [0.2, 0.25) is 0 Å². The fraction of sp³-hybridized carbons (Fsp3) is 0.164. The van der Waals surface area contributed by atoms with Crippen LogP contribution in [0.1, 0.15) is 76.0 Å². The summed E-state index contributed by atoms with van der Waals surface area (Å²) < 4.78 is 12.5. The Morgan fingerprint density at radius 1 is 0.500 bits per heavy atom. The van der Waals surface area contributed by atoms with Crippen molar-refractivity contribution in [2.45, 2.75) is 46.0 Å². The number of nitrogens with two attached hydrogens (primary N) is 1. The van der Waals surface area contributed by atoms with Gasteiger partial charge in [-0.25, -0.2) is 9.59 Å². The predicted molar refractivity (Wildman–Crippen MR) is 359 cm³/mol. The Balaban J connectivity index is 0.000000142. The van der Waals surface area contributed by atoms with Gasteiger partial charge in [-0.05, 0) is 142 Å². The molecule has 0 spiro atoms. The van der Waals surface area contributed by atoms with Crippen LogP contribution in [0.2, 0.25) is 20.2 Å². The molecule has 0 saturated heterocycles. The molecule has 84 heavy (non-hydrogen) atoms. The lowest BCUT2D eigenvalue weighted by molar-refractivity contribution is 0.0511. The van der Waals surface area contributed by atoms with Crippen molar-refractivity contribution in [2.75, 3.05) is 18.5 Å². The Labute approximate surface area is 537 Å². The highest BCUT2D eigenvalue weighted by Gasteiger charge is 2.23. The first-order chi connectivity index (χ1) is 40.8. The molecule has 23 heteroatoms. The molecule has 12 nitrogen and oxygen atoms in total. The lowest BCUT2D eigenvalue weighted by Crippen LogP contribution is -2.14. The summed E-state index contributed by atoms with van der Waals surface area (Å²) >= 11 is 36.9. The second-order valence-corrected chi connectivity index (χ2v) is 25.9. The number of hydrogen-bond acceptors (Lipinski definition) is 17. The smallest absolute Gasteiger partial charge is 0.360 e. The first kappa shape index (κ1) is 62.8. The van der Waals surface area contributed by atoms with Crippen molar-refractivity contribution in [3.05, 3.63) is 207 Å². The molecule has 9 aromatic rings. The van der Waals surface area contributed by atoms with Crippen molar-refractivity contribution in [3.8, 4) is 31.3 Å². The normalized spacial score (nSPS) is 13.4. The van der Waals surface area contributed by atoms with Crippen LogP contribution in [0.15, 0.2) is 158 Å². The number of benzene rings is 3. The minimum atomic E-state index is -0.561. The van der Waals surface area contributed by atoms with E-state index >= 15 is 0 Å². The number of fused-ring (bicyclic) bond motifs is 3. The van der Waals surface area contributed by atoms with Gasteiger partial charge in [0.15, 0.2) is 22.2 Å². The number of rotatable bonds is 13. The second kappa shape index (κ2) is 30.6. The molecule has 0 bridgehead atoms. The lowest BCUT2D eigenvalue weighted by Gasteiger charge is -2.09. The molecule has 1 amide bonds. The summed E-state index contributed by atoms with van der Waals surface area (Å²) in [5, 5.41) is 43.4. The third kappa shape index (κ3) is 16.2. The van der Waals surface area contributed by atoms with E-state index in [1.807, 2.05) is 78.9 Å². The number of nitrogens with zero attached hydrogens (tertiary/aromatic N) is 6. The molecule has 9 heterocycles. The van der Waals surface area contributed by atoms with Gasteiger partial charge in [0.05, 0.1) is 38.7 Å². The van der Waals surface area contributed by atoms with Crippen molar-refractivity contribution in [3.63, 3.8) is 0 Å². The summed E-state index contributed by atoms with van der Waals surface area (Å²) in [7, 11) is 0. The highest BCUT2D eigenvalue weighted by molar-refractivity contribution is 9.09. The van der Waals surface area contributed by atoms with Gasteiger partial charge in [-0.2, -0.15) is 10.2 Å². The van der Waals surface area contributed by atoms with E-state index in [2.05, 4.69) is 109 Å². The number of carbonyl (C=O) groups is 3. The molecule has 0 aliphatic carbocycles. The molecule has 3 aliphatic heterocycles. The molecule has 428 valence electrons. The molecule has 6 aromatic heterocycles.